The van der Waals surface area contributed by atoms with Crippen LogP contribution < -0.4 is 5.32 Å². The van der Waals surface area contributed by atoms with Crippen molar-refractivity contribution in [3.63, 3.8) is 0 Å². The van der Waals surface area contributed by atoms with Gasteiger partial charge in [-0.25, -0.2) is 0 Å². The van der Waals surface area contributed by atoms with Gasteiger partial charge in [-0.05, 0) is 40.8 Å². The summed E-state index contributed by atoms with van der Waals surface area (Å²) in [6.07, 6.45) is 1.47. The van der Waals surface area contributed by atoms with Crippen molar-refractivity contribution >= 4 is 34.2 Å². The molecule has 0 bridgehead atoms. The molecule has 0 radical (unpaired) electrons. The Labute approximate surface area is 182 Å². The standard InChI is InChI=1S/C25H27ClN2O2/c1-3-23(25(30)27-2)28(17-20-10-5-7-14-22(20)26)24(29)16-15-19-12-8-11-18-9-4-6-13-21(18)19/h4-14,23H,3,15-17H2,1-2H3,(H,27,30)/t23-/m0/s1. The van der Waals surface area contributed by atoms with Crippen LogP contribution in [0.3, 0.4) is 0 Å². The third-order valence-electron chi connectivity index (χ3n) is 5.42. The summed E-state index contributed by atoms with van der Waals surface area (Å²) in [6.45, 7) is 2.22. The Morgan fingerprint density at radius 3 is 2.37 bits per heavy atom. The van der Waals surface area contributed by atoms with Crippen LogP contribution in [0.4, 0.5) is 0 Å². The van der Waals surface area contributed by atoms with Gasteiger partial charge in [0.1, 0.15) is 6.04 Å². The third kappa shape index (κ3) is 5.00. The van der Waals surface area contributed by atoms with Crippen LogP contribution in [-0.4, -0.2) is 29.8 Å². The number of amides is 2. The highest BCUT2D eigenvalue weighted by Gasteiger charge is 2.28. The molecule has 0 saturated carbocycles. The number of benzene rings is 3. The van der Waals surface area contributed by atoms with Crippen LogP contribution in [0, 0.1) is 0 Å². The van der Waals surface area contributed by atoms with Crippen molar-refractivity contribution in [1.29, 1.82) is 0 Å². The second-order valence-electron chi connectivity index (χ2n) is 7.29. The first kappa shape index (κ1) is 21.8. The number of rotatable bonds is 8. The number of fused-ring (bicyclic) bond motifs is 1. The largest absolute Gasteiger partial charge is 0.357 e. The van der Waals surface area contributed by atoms with Crippen molar-refractivity contribution in [3.8, 4) is 0 Å². The van der Waals surface area contributed by atoms with Gasteiger partial charge in [-0.1, -0.05) is 79.2 Å². The lowest BCUT2D eigenvalue weighted by Gasteiger charge is -2.30. The van der Waals surface area contributed by atoms with Gasteiger partial charge in [0.25, 0.3) is 0 Å². The summed E-state index contributed by atoms with van der Waals surface area (Å²) in [5, 5.41) is 5.59. The minimum absolute atomic E-state index is 0.0571. The van der Waals surface area contributed by atoms with Crippen LogP contribution in [0.15, 0.2) is 66.7 Å². The van der Waals surface area contributed by atoms with E-state index in [4.69, 9.17) is 11.6 Å². The fourth-order valence-corrected chi connectivity index (χ4v) is 3.99. The minimum Gasteiger partial charge on any atom is -0.357 e. The highest BCUT2D eigenvalue weighted by molar-refractivity contribution is 6.31. The maximum atomic E-state index is 13.3. The normalized spacial score (nSPS) is 11.8. The minimum atomic E-state index is -0.536. The van der Waals surface area contributed by atoms with Gasteiger partial charge in [0, 0.05) is 25.0 Å². The van der Waals surface area contributed by atoms with E-state index in [1.54, 1.807) is 18.0 Å². The molecule has 0 aliphatic heterocycles. The molecule has 0 aliphatic rings. The first-order valence-electron chi connectivity index (χ1n) is 10.3. The number of likely N-dealkylation sites (N-methyl/N-ethyl adjacent to an activating group) is 1. The van der Waals surface area contributed by atoms with Gasteiger partial charge < -0.3 is 10.2 Å². The van der Waals surface area contributed by atoms with Crippen molar-refractivity contribution in [2.75, 3.05) is 7.05 Å². The Morgan fingerprint density at radius 2 is 1.63 bits per heavy atom. The molecular formula is C25H27ClN2O2. The fraction of sp³-hybridized carbons (Fsp3) is 0.280. The highest BCUT2D eigenvalue weighted by atomic mass is 35.5. The number of hydrogen-bond acceptors (Lipinski definition) is 2. The molecule has 0 aliphatic carbocycles. The molecule has 1 N–H and O–H groups in total. The lowest BCUT2D eigenvalue weighted by molar-refractivity contribution is -0.141. The molecule has 2 amide bonds. The van der Waals surface area contributed by atoms with Crippen LogP contribution in [0.2, 0.25) is 5.02 Å². The maximum Gasteiger partial charge on any atom is 0.242 e. The molecular weight excluding hydrogens is 396 g/mol. The number of aryl methyl sites for hydroxylation is 1. The van der Waals surface area contributed by atoms with Crippen molar-refractivity contribution in [3.05, 3.63) is 82.9 Å². The summed E-state index contributed by atoms with van der Waals surface area (Å²) in [5.41, 5.74) is 1.96. The van der Waals surface area contributed by atoms with Crippen LogP contribution in [-0.2, 0) is 22.6 Å². The molecule has 0 saturated heterocycles. The Balaban J connectivity index is 1.83. The molecule has 3 aromatic carbocycles. The quantitative estimate of drug-likeness (QED) is 0.556. The molecule has 4 nitrogen and oxygen atoms in total. The number of carbonyl (C=O) groups excluding carboxylic acids is 2. The second kappa shape index (κ2) is 10.3. The van der Waals surface area contributed by atoms with E-state index in [-0.39, 0.29) is 11.8 Å². The number of hydrogen-bond donors (Lipinski definition) is 1. The van der Waals surface area contributed by atoms with E-state index in [9.17, 15) is 9.59 Å². The van der Waals surface area contributed by atoms with Gasteiger partial charge in [-0.3, -0.25) is 9.59 Å². The number of carbonyl (C=O) groups is 2. The zero-order valence-electron chi connectivity index (χ0n) is 17.4. The fourth-order valence-electron chi connectivity index (χ4n) is 3.79. The van der Waals surface area contributed by atoms with Crippen molar-refractivity contribution < 1.29 is 9.59 Å². The van der Waals surface area contributed by atoms with E-state index in [0.29, 0.717) is 30.8 Å². The summed E-state index contributed by atoms with van der Waals surface area (Å²) < 4.78 is 0. The molecule has 3 rings (SSSR count). The van der Waals surface area contributed by atoms with Gasteiger partial charge in [0.05, 0.1) is 0 Å². The Kier molecular flexibility index (Phi) is 7.47. The molecule has 156 valence electrons. The van der Waals surface area contributed by atoms with E-state index in [0.717, 1.165) is 21.9 Å². The monoisotopic (exact) mass is 422 g/mol. The smallest absolute Gasteiger partial charge is 0.242 e. The molecule has 0 heterocycles. The van der Waals surface area contributed by atoms with E-state index < -0.39 is 6.04 Å². The lowest BCUT2D eigenvalue weighted by atomic mass is 10.00. The van der Waals surface area contributed by atoms with Crippen LogP contribution in [0.1, 0.15) is 30.9 Å². The van der Waals surface area contributed by atoms with Gasteiger partial charge in [-0.15, -0.1) is 0 Å². The Bertz CT molecular complexity index is 1030. The molecule has 0 aromatic heterocycles. The topological polar surface area (TPSA) is 49.4 Å². The first-order chi connectivity index (χ1) is 14.5. The summed E-state index contributed by atoms with van der Waals surface area (Å²) in [4.78, 5) is 27.4. The predicted molar refractivity (Wildman–Crippen MR) is 122 cm³/mol. The van der Waals surface area contributed by atoms with E-state index in [2.05, 4.69) is 29.6 Å². The summed E-state index contributed by atoms with van der Waals surface area (Å²) in [7, 11) is 1.60. The van der Waals surface area contributed by atoms with Crippen LogP contribution in [0.25, 0.3) is 10.8 Å². The zero-order valence-corrected chi connectivity index (χ0v) is 18.2. The highest BCUT2D eigenvalue weighted by Crippen LogP contribution is 2.23. The molecule has 0 spiro atoms. The van der Waals surface area contributed by atoms with E-state index in [1.807, 2.05) is 43.3 Å². The van der Waals surface area contributed by atoms with E-state index in [1.165, 1.54) is 0 Å². The molecule has 1 atom stereocenters. The maximum absolute atomic E-state index is 13.3. The third-order valence-corrected chi connectivity index (χ3v) is 5.79. The van der Waals surface area contributed by atoms with Crippen molar-refractivity contribution in [2.45, 2.75) is 38.8 Å². The van der Waals surface area contributed by atoms with Crippen molar-refractivity contribution in [2.24, 2.45) is 0 Å². The number of nitrogens with zero attached hydrogens (tertiary/aromatic N) is 1. The molecule has 30 heavy (non-hydrogen) atoms. The second-order valence-corrected chi connectivity index (χ2v) is 7.70. The lowest BCUT2D eigenvalue weighted by Crippen LogP contribution is -2.48. The van der Waals surface area contributed by atoms with Gasteiger partial charge >= 0.3 is 0 Å². The molecule has 0 unspecified atom stereocenters. The summed E-state index contributed by atoms with van der Waals surface area (Å²) in [5.74, 6) is -0.221. The van der Waals surface area contributed by atoms with Crippen molar-refractivity contribution in [1.82, 2.24) is 10.2 Å². The van der Waals surface area contributed by atoms with Crippen LogP contribution in [0.5, 0.6) is 0 Å². The Hall–Kier alpha value is -2.85. The van der Waals surface area contributed by atoms with Gasteiger partial charge in [-0.2, -0.15) is 0 Å². The SMILES string of the molecule is CC[C@@H](C(=O)NC)N(Cc1ccccc1Cl)C(=O)CCc1cccc2ccccc12. The first-order valence-corrected chi connectivity index (χ1v) is 10.6. The van der Waals surface area contributed by atoms with E-state index >= 15 is 0 Å². The molecule has 5 heteroatoms. The number of halogens is 1. The average molecular weight is 423 g/mol. The van der Waals surface area contributed by atoms with Gasteiger partial charge in [0.2, 0.25) is 11.8 Å². The number of nitrogens with one attached hydrogen (secondary N) is 1. The zero-order chi connectivity index (χ0) is 21.5. The summed E-state index contributed by atoms with van der Waals surface area (Å²) >= 11 is 6.33. The molecule has 3 aromatic rings. The Morgan fingerprint density at radius 1 is 0.967 bits per heavy atom. The average Bonchev–Trinajstić information content (AvgIpc) is 2.78. The summed E-state index contributed by atoms with van der Waals surface area (Å²) in [6, 6.07) is 21.2. The van der Waals surface area contributed by atoms with Gasteiger partial charge in [0.15, 0.2) is 0 Å². The van der Waals surface area contributed by atoms with Crippen LogP contribution >= 0.6 is 11.6 Å². The molecule has 0 fully saturated rings. The predicted octanol–water partition coefficient (Wildman–Crippen LogP) is 4.98.